The van der Waals surface area contributed by atoms with Crippen LogP contribution >= 0.6 is 0 Å². The van der Waals surface area contributed by atoms with Crippen molar-refractivity contribution in [2.45, 2.75) is 31.5 Å². The van der Waals surface area contributed by atoms with Crippen molar-refractivity contribution in [2.75, 3.05) is 59.9 Å². The molecule has 0 aliphatic carbocycles. The molecule has 1 amide bonds. The minimum Gasteiger partial charge on any atom is -0.374 e. The predicted molar refractivity (Wildman–Crippen MR) is 96.5 cm³/mol. The van der Waals surface area contributed by atoms with Crippen molar-refractivity contribution in [3.63, 3.8) is 0 Å². The molecule has 0 aromatic heterocycles. The van der Waals surface area contributed by atoms with Gasteiger partial charge in [0.1, 0.15) is 0 Å². The molecule has 0 spiro atoms. The van der Waals surface area contributed by atoms with Crippen LogP contribution in [0.25, 0.3) is 0 Å². The van der Waals surface area contributed by atoms with E-state index in [0.29, 0.717) is 37.0 Å². The maximum Gasteiger partial charge on any atom is 0.224 e. The van der Waals surface area contributed by atoms with E-state index in [1.807, 2.05) is 11.9 Å². The average molecular weight is 349 g/mol. The molecule has 140 valence electrons. The summed E-state index contributed by atoms with van der Waals surface area (Å²) in [5.74, 6) is 2.54. The fourth-order valence-electron chi connectivity index (χ4n) is 4.96. The highest BCUT2D eigenvalue weighted by atomic mass is 16.5. The van der Waals surface area contributed by atoms with Gasteiger partial charge in [0.2, 0.25) is 5.91 Å². The quantitative estimate of drug-likeness (QED) is 0.567. The second-order valence-corrected chi connectivity index (χ2v) is 7.93. The number of amides is 1. The minimum absolute atomic E-state index is 0.251. The number of carbonyl (C=O) groups is 1. The zero-order chi connectivity index (χ0) is 17.4. The Labute approximate surface area is 150 Å². The summed E-state index contributed by atoms with van der Waals surface area (Å²) < 4.78 is 6.05. The molecule has 0 saturated carbocycles. The fourth-order valence-corrected chi connectivity index (χ4v) is 4.96. The van der Waals surface area contributed by atoms with Gasteiger partial charge < -0.3 is 24.8 Å². The Balaban J connectivity index is 1.23. The molecule has 4 aliphatic heterocycles. The standard InChI is InChI=1S/C18H31N5O2/c1-19-18(20-6-5-17(24)22-9-7-21(2)8-10-22)23-11-13-14(12-23)16-4-3-15(13)25-16/h13-16H,3-12H2,1-2H3,(H,19,20). The molecular weight excluding hydrogens is 318 g/mol. The molecule has 7 nitrogen and oxygen atoms in total. The van der Waals surface area contributed by atoms with E-state index >= 15 is 0 Å². The second kappa shape index (κ2) is 7.11. The maximum atomic E-state index is 12.3. The fraction of sp³-hybridized carbons (Fsp3) is 0.889. The number of piperazine rings is 1. The number of rotatable bonds is 3. The lowest BCUT2D eigenvalue weighted by Crippen LogP contribution is -2.48. The van der Waals surface area contributed by atoms with E-state index in [1.54, 1.807) is 0 Å². The lowest BCUT2D eigenvalue weighted by atomic mass is 9.82. The van der Waals surface area contributed by atoms with Crippen LogP contribution in [0.4, 0.5) is 0 Å². The topological polar surface area (TPSA) is 60.4 Å². The summed E-state index contributed by atoms with van der Waals surface area (Å²) >= 11 is 0. The lowest BCUT2D eigenvalue weighted by Gasteiger charge is -2.32. The van der Waals surface area contributed by atoms with Crippen molar-refractivity contribution in [2.24, 2.45) is 16.8 Å². The van der Waals surface area contributed by atoms with E-state index in [4.69, 9.17) is 4.74 Å². The van der Waals surface area contributed by atoms with Crippen molar-refractivity contribution in [1.29, 1.82) is 0 Å². The first-order valence-corrected chi connectivity index (χ1v) is 9.73. The zero-order valence-electron chi connectivity index (χ0n) is 15.5. The van der Waals surface area contributed by atoms with Crippen molar-refractivity contribution in [3.8, 4) is 0 Å². The van der Waals surface area contributed by atoms with Crippen LogP contribution in [0.5, 0.6) is 0 Å². The van der Waals surface area contributed by atoms with Gasteiger partial charge in [-0.15, -0.1) is 0 Å². The molecule has 4 heterocycles. The molecule has 0 aromatic rings. The SMILES string of the molecule is CN=C(NCCC(=O)N1CCN(C)CC1)N1CC2C3CCC(O3)C2C1. The number of ether oxygens (including phenoxy) is 1. The van der Waals surface area contributed by atoms with Gasteiger partial charge >= 0.3 is 0 Å². The summed E-state index contributed by atoms with van der Waals surface area (Å²) in [5.41, 5.74) is 0. The molecule has 4 fully saturated rings. The van der Waals surface area contributed by atoms with Crippen molar-refractivity contribution in [1.82, 2.24) is 20.0 Å². The highest BCUT2D eigenvalue weighted by Crippen LogP contribution is 2.47. The van der Waals surface area contributed by atoms with Crippen LogP contribution in [0.15, 0.2) is 4.99 Å². The van der Waals surface area contributed by atoms with Gasteiger partial charge in [-0.3, -0.25) is 9.79 Å². The van der Waals surface area contributed by atoms with Gasteiger partial charge in [0.05, 0.1) is 12.2 Å². The Hall–Kier alpha value is -1.34. The number of hydrogen-bond donors (Lipinski definition) is 1. The number of fused-ring (bicyclic) bond motifs is 5. The molecule has 4 saturated heterocycles. The first kappa shape index (κ1) is 17.1. The van der Waals surface area contributed by atoms with Crippen LogP contribution in [0.1, 0.15) is 19.3 Å². The van der Waals surface area contributed by atoms with Crippen LogP contribution in [-0.4, -0.2) is 98.7 Å². The summed E-state index contributed by atoms with van der Waals surface area (Å²) in [6, 6.07) is 0. The maximum absolute atomic E-state index is 12.3. The van der Waals surface area contributed by atoms with E-state index < -0.39 is 0 Å². The Kier molecular flexibility index (Phi) is 4.86. The second-order valence-electron chi connectivity index (χ2n) is 7.93. The minimum atomic E-state index is 0.251. The Morgan fingerprint density at radius 3 is 2.32 bits per heavy atom. The summed E-state index contributed by atoms with van der Waals surface area (Å²) in [5, 5.41) is 3.41. The Morgan fingerprint density at radius 1 is 1.08 bits per heavy atom. The molecule has 0 aromatic carbocycles. The van der Waals surface area contributed by atoms with E-state index in [1.165, 1.54) is 12.8 Å². The van der Waals surface area contributed by atoms with Gasteiger partial charge in [0, 0.05) is 71.1 Å². The molecule has 2 bridgehead atoms. The number of aliphatic imine (C=N–C) groups is 1. The number of guanidine groups is 1. The van der Waals surface area contributed by atoms with Gasteiger partial charge in [-0.25, -0.2) is 0 Å². The summed E-state index contributed by atoms with van der Waals surface area (Å²) in [6.07, 6.45) is 3.93. The zero-order valence-corrected chi connectivity index (χ0v) is 15.5. The van der Waals surface area contributed by atoms with Gasteiger partial charge in [-0.1, -0.05) is 0 Å². The van der Waals surface area contributed by atoms with Gasteiger partial charge in [-0.2, -0.15) is 0 Å². The number of carbonyl (C=O) groups excluding carboxylic acids is 1. The van der Waals surface area contributed by atoms with E-state index in [0.717, 1.165) is 45.2 Å². The summed E-state index contributed by atoms with van der Waals surface area (Å²) in [7, 11) is 3.94. The van der Waals surface area contributed by atoms with Crippen LogP contribution in [0.3, 0.4) is 0 Å². The highest BCUT2D eigenvalue weighted by molar-refractivity contribution is 5.81. The molecular formula is C18H31N5O2. The molecule has 4 atom stereocenters. The van der Waals surface area contributed by atoms with Crippen LogP contribution in [0.2, 0.25) is 0 Å². The molecule has 7 heteroatoms. The van der Waals surface area contributed by atoms with E-state index in [2.05, 4.69) is 27.2 Å². The van der Waals surface area contributed by atoms with Gasteiger partial charge in [0.25, 0.3) is 0 Å². The molecule has 25 heavy (non-hydrogen) atoms. The monoisotopic (exact) mass is 349 g/mol. The highest BCUT2D eigenvalue weighted by Gasteiger charge is 2.53. The largest absolute Gasteiger partial charge is 0.374 e. The number of likely N-dealkylation sites (tertiary alicyclic amines) is 1. The van der Waals surface area contributed by atoms with Crippen molar-refractivity contribution in [3.05, 3.63) is 0 Å². The molecule has 4 rings (SSSR count). The first-order valence-electron chi connectivity index (χ1n) is 9.73. The first-order chi connectivity index (χ1) is 12.2. The van der Waals surface area contributed by atoms with E-state index in [9.17, 15) is 4.79 Å². The molecule has 0 radical (unpaired) electrons. The van der Waals surface area contributed by atoms with Crippen LogP contribution in [-0.2, 0) is 9.53 Å². The Bertz CT molecular complexity index is 514. The summed E-state index contributed by atoms with van der Waals surface area (Å²) in [6.45, 7) is 6.39. The summed E-state index contributed by atoms with van der Waals surface area (Å²) in [4.78, 5) is 23.4. The third kappa shape index (κ3) is 3.36. The third-order valence-corrected chi connectivity index (χ3v) is 6.44. The van der Waals surface area contributed by atoms with Gasteiger partial charge in [-0.05, 0) is 19.9 Å². The molecule has 1 N–H and O–H groups in total. The predicted octanol–water partition coefficient (Wildman–Crippen LogP) is -0.165. The van der Waals surface area contributed by atoms with E-state index in [-0.39, 0.29) is 5.91 Å². The lowest BCUT2D eigenvalue weighted by molar-refractivity contribution is -0.132. The number of nitrogens with zero attached hydrogens (tertiary/aromatic N) is 4. The number of nitrogens with one attached hydrogen (secondary N) is 1. The molecule has 4 aliphatic rings. The number of likely N-dealkylation sites (N-methyl/N-ethyl adjacent to an activating group) is 1. The Morgan fingerprint density at radius 2 is 1.72 bits per heavy atom. The van der Waals surface area contributed by atoms with Crippen LogP contribution < -0.4 is 5.32 Å². The van der Waals surface area contributed by atoms with Crippen molar-refractivity contribution < 1.29 is 9.53 Å². The average Bonchev–Trinajstić information content (AvgIpc) is 3.32. The molecule has 4 unspecified atom stereocenters. The van der Waals surface area contributed by atoms with Crippen LogP contribution in [0, 0.1) is 11.8 Å². The number of hydrogen-bond acceptors (Lipinski definition) is 4. The van der Waals surface area contributed by atoms with Gasteiger partial charge in [0.15, 0.2) is 5.96 Å². The normalized spacial score (nSPS) is 35.4. The smallest absolute Gasteiger partial charge is 0.224 e. The third-order valence-electron chi connectivity index (χ3n) is 6.44. The van der Waals surface area contributed by atoms with Crippen molar-refractivity contribution >= 4 is 11.9 Å².